The topological polar surface area (TPSA) is 79.0 Å². The van der Waals surface area contributed by atoms with Crippen molar-refractivity contribution in [3.8, 4) is 0 Å². The normalized spacial score (nSPS) is 13.3. The van der Waals surface area contributed by atoms with Crippen molar-refractivity contribution >= 4 is 18.3 Å². The molecule has 0 unspecified atom stereocenters. The third-order valence-corrected chi connectivity index (χ3v) is 4.15. The van der Waals surface area contributed by atoms with Crippen LogP contribution in [0.2, 0.25) is 0 Å². The lowest BCUT2D eigenvalue weighted by atomic mass is 10.1. The summed E-state index contributed by atoms with van der Waals surface area (Å²) >= 11 is 0. The molecule has 0 bridgehead atoms. The molecule has 0 aromatic heterocycles. The highest BCUT2D eigenvalue weighted by Gasteiger charge is 2.11. The van der Waals surface area contributed by atoms with E-state index in [2.05, 4.69) is 37.9 Å². The van der Waals surface area contributed by atoms with Crippen molar-refractivity contribution < 1.29 is 19.1 Å². The number of piperidine rings is 1. The first-order chi connectivity index (χ1) is 14.7. The minimum Gasteiger partial charge on any atom is -0.463 e. The van der Waals surface area contributed by atoms with Gasteiger partial charge in [-0.15, -0.1) is 0 Å². The van der Waals surface area contributed by atoms with Crippen LogP contribution >= 0.6 is 0 Å². The number of rotatable bonds is 8. The third kappa shape index (κ3) is 21.1. The highest BCUT2D eigenvalue weighted by atomic mass is 16.5. The molecule has 184 valence electrons. The van der Waals surface area contributed by atoms with Crippen LogP contribution in [0.25, 0.3) is 0 Å². The number of nitrogens with zero attached hydrogens (tertiary/aromatic N) is 2. The van der Waals surface area contributed by atoms with Gasteiger partial charge in [0.2, 0.25) is 12.3 Å². The number of hydrogen-bond donors (Lipinski definition) is 1. The molecular formula is C24H49N3O4. The lowest BCUT2D eigenvalue weighted by molar-refractivity contribution is -0.138. The van der Waals surface area contributed by atoms with E-state index >= 15 is 0 Å². The van der Waals surface area contributed by atoms with E-state index in [4.69, 9.17) is 4.74 Å². The van der Waals surface area contributed by atoms with Gasteiger partial charge in [0.25, 0.3) is 0 Å². The van der Waals surface area contributed by atoms with Crippen LogP contribution in [0.15, 0.2) is 11.6 Å². The summed E-state index contributed by atoms with van der Waals surface area (Å²) in [4.78, 5) is 36.6. The monoisotopic (exact) mass is 443 g/mol. The standard InChI is InChI=1S/C11H18N2O4.C8H17N.C3H8.C2H6/c1-4-17-11(16)9(2)5-6-13(3)10(15)7-12-8-14;1-8(2)9-6-4-3-5-7-9;1-3-2;1-2/h5,8H,4,6-7H2,1-3H3,(H,12,14);8H,3-7H2,1-2H3;3H2,1-2H3;1-2H3/b9-5+;;;. The lowest BCUT2D eigenvalue weighted by Crippen LogP contribution is -2.35. The van der Waals surface area contributed by atoms with Crippen molar-refractivity contribution in [2.75, 3.05) is 39.8 Å². The van der Waals surface area contributed by atoms with Crippen LogP contribution in [0, 0.1) is 0 Å². The maximum atomic E-state index is 11.4. The number of esters is 1. The molecule has 0 radical (unpaired) electrons. The predicted molar refractivity (Wildman–Crippen MR) is 130 cm³/mol. The number of carbonyl (C=O) groups is 3. The molecule has 2 amide bonds. The first-order valence-electron chi connectivity index (χ1n) is 11.7. The van der Waals surface area contributed by atoms with Gasteiger partial charge < -0.3 is 19.9 Å². The summed E-state index contributed by atoms with van der Waals surface area (Å²) in [6, 6.07) is 0.769. The smallest absolute Gasteiger partial charge is 0.333 e. The molecular weight excluding hydrogens is 394 g/mol. The van der Waals surface area contributed by atoms with Gasteiger partial charge in [0.1, 0.15) is 0 Å². The summed E-state index contributed by atoms with van der Waals surface area (Å²) in [6.45, 7) is 19.4. The molecule has 0 spiro atoms. The van der Waals surface area contributed by atoms with Gasteiger partial charge in [-0.05, 0) is 53.6 Å². The van der Waals surface area contributed by atoms with Crippen molar-refractivity contribution in [1.29, 1.82) is 0 Å². The van der Waals surface area contributed by atoms with Crippen LogP contribution in [-0.2, 0) is 19.1 Å². The van der Waals surface area contributed by atoms with E-state index < -0.39 is 0 Å². The zero-order valence-electron chi connectivity index (χ0n) is 21.6. The molecule has 1 N–H and O–H groups in total. The molecule has 1 saturated heterocycles. The maximum Gasteiger partial charge on any atom is 0.333 e. The van der Waals surface area contributed by atoms with Crippen molar-refractivity contribution in [2.24, 2.45) is 0 Å². The Labute approximate surface area is 191 Å². The van der Waals surface area contributed by atoms with Crippen LogP contribution in [0.5, 0.6) is 0 Å². The van der Waals surface area contributed by atoms with Gasteiger partial charge in [0, 0.05) is 25.2 Å². The molecule has 1 aliphatic rings. The fraction of sp³-hybridized carbons (Fsp3) is 0.792. The van der Waals surface area contributed by atoms with Crippen LogP contribution in [-0.4, -0.2) is 74.0 Å². The van der Waals surface area contributed by atoms with Gasteiger partial charge in [0.05, 0.1) is 13.2 Å². The van der Waals surface area contributed by atoms with E-state index in [1.807, 2.05) is 13.8 Å². The second-order valence-electron chi connectivity index (χ2n) is 7.28. The fourth-order valence-electron chi connectivity index (χ4n) is 2.40. The quantitative estimate of drug-likeness (QED) is 0.348. The van der Waals surface area contributed by atoms with Crippen molar-refractivity contribution in [1.82, 2.24) is 15.1 Å². The van der Waals surface area contributed by atoms with Gasteiger partial charge in [-0.1, -0.05) is 46.6 Å². The molecule has 0 atom stereocenters. The second-order valence-corrected chi connectivity index (χ2v) is 7.28. The summed E-state index contributed by atoms with van der Waals surface area (Å²) in [7, 11) is 1.59. The number of carbonyl (C=O) groups excluding carboxylic acids is 3. The zero-order valence-corrected chi connectivity index (χ0v) is 21.6. The molecule has 1 rings (SSSR count). The SMILES string of the molecule is CC.CC(C)N1CCCCC1.CCC.CCOC(=O)/C(C)=C/CN(C)C(=O)CNC=O. The Kier molecular flexibility index (Phi) is 26.5. The minimum atomic E-state index is -0.389. The number of amides is 2. The molecule has 0 aliphatic carbocycles. The largest absolute Gasteiger partial charge is 0.463 e. The van der Waals surface area contributed by atoms with Gasteiger partial charge in [-0.25, -0.2) is 4.79 Å². The van der Waals surface area contributed by atoms with Gasteiger partial charge in [-0.2, -0.15) is 0 Å². The van der Waals surface area contributed by atoms with E-state index in [9.17, 15) is 14.4 Å². The molecule has 1 aliphatic heterocycles. The van der Waals surface area contributed by atoms with Crippen molar-refractivity contribution in [3.05, 3.63) is 11.6 Å². The highest BCUT2D eigenvalue weighted by molar-refractivity contribution is 5.88. The van der Waals surface area contributed by atoms with E-state index in [1.165, 1.54) is 43.7 Å². The Balaban J connectivity index is -0.000000464. The highest BCUT2D eigenvalue weighted by Crippen LogP contribution is 2.10. The molecule has 7 nitrogen and oxygen atoms in total. The lowest BCUT2D eigenvalue weighted by Gasteiger charge is -2.29. The van der Waals surface area contributed by atoms with Crippen LogP contribution in [0.1, 0.15) is 81.1 Å². The number of likely N-dealkylation sites (N-methyl/N-ethyl adjacent to an activating group) is 1. The number of ether oxygens (including phenoxy) is 1. The van der Waals surface area contributed by atoms with Crippen molar-refractivity contribution in [2.45, 2.75) is 87.1 Å². The number of nitrogens with one attached hydrogen (secondary N) is 1. The second kappa shape index (κ2) is 24.4. The summed E-state index contributed by atoms with van der Waals surface area (Å²) in [5.41, 5.74) is 0.454. The number of likely N-dealkylation sites (tertiary alicyclic amines) is 1. The molecule has 31 heavy (non-hydrogen) atoms. The molecule has 0 aromatic rings. The van der Waals surface area contributed by atoms with E-state index in [1.54, 1.807) is 27.0 Å². The van der Waals surface area contributed by atoms with Gasteiger partial charge in [-0.3, -0.25) is 9.59 Å². The molecule has 0 saturated carbocycles. The van der Waals surface area contributed by atoms with E-state index in [0.29, 0.717) is 25.1 Å². The number of hydrogen-bond acceptors (Lipinski definition) is 5. The zero-order chi connectivity index (χ0) is 24.7. The van der Waals surface area contributed by atoms with Crippen LogP contribution in [0.3, 0.4) is 0 Å². The summed E-state index contributed by atoms with van der Waals surface area (Å²) < 4.78 is 4.79. The first kappa shape index (κ1) is 33.7. The average molecular weight is 444 g/mol. The van der Waals surface area contributed by atoms with Gasteiger partial charge in [0.15, 0.2) is 0 Å². The van der Waals surface area contributed by atoms with Crippen LogP contribution < -0.4 is 5.32 Å². The van der Waals surface area contributed by atoms with E-state index in [-0.39, 0.29) is 18.4 Å². The molecule has 1 heterocycles. The summed E-state index contributed by atoms with van der Waals surface area (Å²) in [5.74, 6) is -0.621. The van der Waals surface area contributed by atoms with Crippen molar-refractivity contribution in [3.63, 3.8) is 0 Å². The summed E-state index contributed by atoms with van der Waals surface area (Å²) in [6.07, 6.45) is 7.60. The molecule has 7 heteroatoms. The summed E-state index contributed by atoms with van der Waals surface area (Å²) in [5, 5.41) is 2.28. The predicted octanol–water partition coefficient (Wildman–Crippen LogP) is 4.02. The Hall–Kier alpha value is -1.89. The van der Waals surface area contributed by atoms with E-state index in [0.717, 1.165) is 6.04 Å². The van der Waals surface area contributed by atoms with Gasteiger partial charge >= 0.3 is 5.97 Å². The maximum absolute atomic E-state index is 11.4. The Morgan fingerprint density at radius 1 is 1.10 bits per heavy atom. The minimum absolute atomic E-state index is 0.0493. The average Bonchev–Trinajstić information content (AvgIpc) is 2.78. The van der Waals surface area contributed by atoms with Crippen LogP contribution in [0.4, 0.5) is 0 Å². The first-order valence-corrected chi connectivity index (χ1v) is 11.7. The third-order valence-electron chi connectivity index (χ3n) is 4.15. The molecule has 1 fully saturated rings. The Morgan fingerprint density at radius 2 is 1.61 bits per heavy atom. The molecule has 0 aromatic carbocycles. The fourth-order valence-corrected chi connectivity index (χ4v) is 2.40. The Morgan fingerprint density at radius 3 is 2.00 bits per heavy atom. The Bertz CT molecular complexity index is 473.